The predicted molar refractivity (Wildman–Crippen MR) is 49.2 cm³/mol. The van der Waals surface area contributed by atoms with E-state index in [1.807, 2.05) is 13.0 Å². The number of aliphatic hydroxyl groups excluding tert-OH is 1. The first kappa shape index (κ1) is 8.27. The highest BCUT2D eigenvalue weighted by atomic mass is 32.1. The molecule has 0 fully saturated rings. The standard InChI is InChI=1S/C8H11NOS/c1-3-6-4-7(8(10)11)5(2)9-6/h4,9H,3H2,1-2H3,(H,10,11). The first-order chi connectivity index (χ1) is 5.15. The SMILES string of the molecule is CCc1cc(C(O)=S)c(C)[nH]1. The maximum absolute atomic E-state index is 9.02. The normalized spacial score (nSPS) is 10.0. The highest BCUT2D eigenvalue weighted by Gasteiger charge is 2.05. The molecular weight excluding hydrogens is 158 g/mol. The van der Waals surface area contributed by atoms with Crippen LogP contribution >= 0.6 is 12.2 Å². The van der Waals surface area contributed by atoms with E-state index in [0.29, 0.717) is 0 Å². The Morgan fingerprint density at radius 2 is 2.36 bits per heavy atom. The van der Waals surface area contributed by atoms with Crippen LogP contribution in [0.1, 0.15) is 23.9 Å². The minimum absolute atomic E-state index is 0.0292. The zero-order valence-electron chi connectivity index (χ0n) is 6.64. The first-order valence-corrected chi connectivity index (χ1v) is 3.97. The Hall–Kier alpha value is -0.830. The molecule has 2 N–H and O–H groups in total. The van der Waals surface area contributed by atoms with Crippen LogP contribution in [-0.2, 0) is 6.42 Å². The summed E-state index contributed by atoms with van der Waals surface area (Å²) in [5.41, 5.74) is 2.79. The molecule has 0 aliphatic rings. The molecule has 0 aliphatic heterocycles. The second-order valence-corrected chi connectivity index (χ2v) is 2.88. The molecule has 1 aromatic rings. The third-order valence-electron chi connectivity index (χ3n) is 1.68. The van der Waals surface area contributed by atoms with Crippen molar-refractivity contribution in [2.45, 2.75) is 20.3 Å². The maximum Gasteiger partial charge on any atom is 0.190 e. The molecule has 0 saturated carbocycles. The van der Waals surface area contributed by atoms with Gasteiger partial charge in [-0.25, -0.2) is 0 Å². The summed E-state index contributed by atoms with van der Waals surface area (Å²) in [6.07, 6.45) is 0.934. The van der Waals surface area contributed by atoms with E-state index in [-0.39, 0.29) is 5.05 Å². The van der Waals surface area contributed by atoms with E-state index in [2.05, 4.69) is 24.1 Å². The van der Waals surface area contributed by atoms with Gasteiger partial charge < -0.3 is 10.1 Å². The average Bonchev–Trinajstić information content (AvgIpc) is 2.30. The zero-order chi connectivity index (χ0) is 8.43. The molecular formula is C8H11NOS. The molecule has 0 bridgehead atoms. The van der Waals surface area contributed by atoms with Crippen LogP contribution in [0.5, 0.6) is 0 Å². The van der Waals surface area contributed by atoms with Crippen LogP contribution in [0.15, 0.2) is 6.07 Å². The van der Waals surface area contributed by atoms with Crippen molar-refractivity contribution in [1.82, 2.24) is 4.98 Å². The number of aliphatic hydroxyl groups is 1. The topological polar surface area (TPSA) is 36.0 Å². The fraction of sp³-hybridized carbons (Fsp3) is 0.375. The van der Waals surface area contributed by atoms with Gasteiger partial charge >= 0.3 is 0 Å². The van der Waals surface area contributed by atoms with E-state index in [4.69, 9.17) is 5.11 Å². The number of thiocarbonyl (C=S) groups is 1. The fourth-order valence-electron chi connectivity index (χ4n) is 1.04. The second-order valence-electron chi connectivity index (χ2n) is 2.49. The molecule has 1 aromatic heterocycles. The first-order valence-electron chi connectivity index (χ1n) is 3.57. The maximum atomic E-state index is 9.02. The van der Waals surface area contributed by atoms with Gasteiger partial charge in [0.2, 0.25) is 0 Å². The summed E-state index contributed by atoms with van der Waals surface area (Å²) in [6.45, 7) is 3.95. The van der Waals surface area contributed by atoms with Crippen molar-refractivity contribution in [3.63, 3.8) is 0 Å². The monoisotopic (exact) mass is 169 g/mol. The molecule has 0 aliphatic carbocycles. The predicted octanol–water partition coefficient (Wildman–Crippen LogP) is 2.12. The second kappa shape index (κ2) is 3.05. The zero-order valence-corrected chi connectivity index (χ0v) is 7.46. The van der Waals surface area contributed by atoms with E-state index in [1.165, 1.54) is 0 Å². The van der Waals surface area contributed by atoms with Gasteiger partial charge in [0.15, 0.2) is 5.05 Å². The lowest BCUT2D eigenvalue weighted by molar-refractivity contribution is 0.570. The van der Waals surface area contributed by atoms with E-state index >= 15 is 0 Å². The number of hydrogen-bond donors (Lipinski definition) is 2. The number of rotatable bonds is 2. The van der Waals surface area contributed by atoms with Crippen LogP contribution < -0.4 is 0 Å². The summed E-state index contributed by atoms with van der Waals surface area (Å²) in [7, 11) is 0. The fourth-order valence-corrected chi connectivity index (χ4v) is 1.25. The van der Waals surface area contributed by atoms with Crippen LogP contribution in [0, 0.1) is 6.92 Å². The number of nitrogens with one attached hydrogen (secondary N) is 1. The summed E-state index contributed by atoms with van der Waals surface area (Å²) in [6, 6.07) is 1.89. The Morgan fingerprint density at radius 1 is 1.73 bits per heavy atom. The van der Waals surface area contributed by atoms with Crippen LogP contribution in [-0.4, -0.2) is 15.1 Å². The number of H-pyrrole nitrogens is 1. The summed E-state index contributed by atoms with van der Waals surface area (Å²) in [5.74, 6) is 0. The van der Waals surface area contributed by atoms with Crippen molar-refractivity contribution in [2.24, 2.45) is 0 Å². The minimum atomic E-state index is -0.0292. The van der Waals surface area contributed by atoms with Crippen LogP contribution in [0.2, 0.25) is 0 Å². The van der Waals surface area contributed by atoms with E-state index in [1.54, 1.807) is 0 Å². The molecule has 0 unspecified atom stereocenters. The number of aryl methyl sites for hydroxylation is 2. The van der Waals surface area contributed by atoms with Gasteiger partial charge in [0.1, 0.15) is 0 Å². The van der Waals surface area contributed by atoms with Crippen molar-refractivity contribution in [2.75, 3.05) is 0 Å². The Bertz CT molecular complexity index is 278. The molecule has 60 valence electrons. The van der Waals surface area contributed by atoms with Gasteiger partial charge in [-0.15, -0.1) is 0 Å². The van der Waals surface area contributed by atoms with Crippen LogP contribution in [0.25, 0.3) is 0 Å². The molecule has 0 spiro atoms. The Labute approximate surface area is 71.3 Å². The number of aromatic amines is 1. The lowest BCUT2D eigenvalue weighted by atomic mass is 10.2. The lowest BCUT2D eigenvalue weighted by Crippen LogP contribution is -1.93. The molecule has 11 heavy (non-hydrogen) atoms. The Kier molecular flexibility index (Phi) is 2.29. The van der Waals surface area contributed by atoms with Crippen molar-refractivity contribution < 1.29 is 5.11 Å². The molecule has 0 atom stereocenters. The van der Waals surface area contributed by atoms with Gasteiger partial charge in [-0.1, -0.05) is 6.92 Å². The van der Waals surface area contributed by atoms with Crippen molar-refractivity contribution in [3.8, 4) is 0 Å². The highest BCUT2D eigenvalue weighted by molar-refractivity contribution is 7.80. The smallest absolute Gasteiger partial charge is 0.190 e. The van der Waals surface area contributed by atoms with Gasteiger partial charge in [-0.2, -0.15) is 0 Å². The van der Waals surface area contributed by atoms with Crippen LogP contribution in [0.4, 0.5) is 0 Å². The molecule has 0 saturated heterocycles. The van der Waals surface area contributed by atoms with Crippen molar-refractivity contribution in [3.05, 3.63) is 23.0 Å². The highest BCUT2D eigenvalue weighted by Crippen LogP contribution is 2.10. The average molecular weight is 169 g/mol. The molecule has 3 heteroatoms. The molecule has 0 aromatic carbocycles. The van der Waals surface area contributed by atoms with E-state index < -0.39 is 0 Å². The van der Waals surface area contributed by atoms with Gasteiger partial charge in [0.25, 0.3) is 0 Å². The van der Waals surface area contributed by atoms with Crippen molar-refractivity contribution >= 4 is 17.3 Å². The Balaban J connectivity index is 3.07. The van der Waals surface area contributed by atoms with E-state index in [9.17, 15) is 0 Å². The quantitative estimate of drug-likeness (QED) is 0.665. The molecule has 2 nitrogen and oxygen atoms in total. The number of hydrogen-bond acceptors (Lipinski definition) is 1. The molecule has 0 amide bonds. The largest absolute Gasteiger partial charge is 0.498 e. The molecule has 1 rings (SSSR count). The third kappa shape index (κ3) is 1.60. The molecule has 1 heterocycles. The van der Waals surface area contributed by atoms with Gasteiger partial charge in [-0.05, 0) is 31.6 Å². The van der Waals surface area contributed by atoms with Gasteiger partial charge in [0, 0.05) is 17.0 Å². The van der Waals surface area contributed by atoms with Gasteiger partial charge in [-0.3, -0.25) is 0 Å². The minimum Gasteiger partial charge on any atom is -0.498 e. The van der Waals surface area contributed by atoms with E-state index in [0.717, 1.165) is 23.4 Å². The summed E-state index contributed by atoms with van der Waals surface area (Å²) in [5, 5.41) is 9.00. The van der Waals surface area contributed by atoms with Crippen molar-refractivity contribution in [1.29, 1.82) is 0 Å². The third-order valence-corrected chi connectivity index (χ3v) is 1.90. The molecule has 0 radical (unpaired) electrons. The van der Waals surface area contributed by atoms with Crippen LogP contribution in [0.3, 0.4) is 0 Å². The number of aromatic nitrogens is 1. The Morgan fingerprint density at radius 3 is 2.64 bits per heavy atom. The lowest BCUT2D eigenvalue weighted by Gasteiger charge is -1.90. The summed E-state index contributed by atoms with van der Waals surface area (Å²) in [4.78, 5) is 3.13. The summed E-state index contributed by atoms with van der Waals surface area (Å²) < 4.78 is 0. The van der Waals surface area contributed by atoms with Gasteiger partial charge in [0.05, 0.1) is 0 Å². The summed E-state index contributed by atoms with van der Waals surface area (Å²) >= 11 is 4.65.